The Bertz CT molecular complexity index is 1220. The lowest BCUT2D eigenvalue weighted by Gasteiger charge is -2.09. The summed E-state index contributed by atoms with van der Waals surface area (Å²) in [4.78, 5) is 20.4. The molecule has 0 atom stereocenters. The van der Waals surface area contributed by atoms with E-state index in [1.54, 1.807) is 6.20 Å². The van der Waals surface area contributed by atoms with E-state index in [-0.39, 0.29) is 12.5 Å². The number of rotatable bonds is 6. The first-order chi connectivity index (χ1) is 15.6. The van der Waals surface area contributed by atoms with Gasteiger partial charge in [-0.25, -0.2) is 9.97 Å². The molecule has 0 bridgehead atoms. The molecule has 8 nitrogen and oxygen atoms in total. The summed E-state index contributed by atoms with van der Waals surface area (Å²) in [5.74, 6) is 1.18. The Morgan fingerprint density at radius 2 is 1.75 bits per heavy atom. The Morgan fingerprint density at radius 1 is 1.03 bits per heavy atom. The van der Waals surface area contributed by atoms with Crippen molar-refractivity contribution in [3.05, 3.63) is 72.2 Å². The lowest BCUT2D eigenvalue weighted by molar-refractivity contribution is -0.119. The molecule has 0 fully saturated rings. The van der Waals surface area contributed by atoms with Crippen LogP contribution >= 0.6 is 0 Å². The summed E-state index contributed by atoms with van der Waals surface area (Å²) in [6, 6.07) is 17.3. The summed E-state index contributed by atoms with van der Waals surface area (Å²) in [5, 5.41) is 11.1. The molecule has 4 aromatic rings. The topological polar surface area (TPSA) is 120 Å². The number of nitrogens with two attached hydrogens (primary N) is 1. The molecule has 2 heterocycles. The number of hydrogen-bond acceptors (Lipinski definition) is 7. The molecule has 2 aromatic heterocycles. The highest BCUT2D eigenvalue weighted by Crippen LogP contribution is 2.31. The minimum Gasteiger partial charge on any atom is -0.416 e. The van der Waals surface area contributed by atoms with Crippen molar-refractivity contribution in [2.75, 3.05) is 6.54 Å². The second kappa shape index (κ2) is 10.6. The molecule has 160 valence electrons. The molecule has 8 heteroatoms. The number of amides is 1. The molecular formula is C24H22N6O2. The van der Waals surface area contributed by atoms with Gasteiger partial charge >= 0.3 is 0 Å². The Balaban J connectivity index is 0.00000141. The van der Waals surface area contributed by atoms with Gasteiger partial charge in [-0.05, 0) is 30.7 Å². The largest absolute Gasteiger partial charge is 0.416 e. The third kappa shape index (κ3) is 5.22. The van der Waals surface area contributed by atoms with Gasteiger partial charge in [0.25, 0.3) is 5.89 Å². The molecule has 0 unspecified atom stereocenters. The molecule has 1 amide bonds. The lowest BCUT2D eigenvalue weighted by Crippen LogP contribution is -2.29. The number of aromatic nitrogens is 4. The number of benzene rings is 2. The van der Waals surface area contributed by atoms with Gasteiger partial charge in [0, 0.05) is 23.9 Å². The van der Waals surface area contributed by atoms with E-state index in [4.69, 9.17) is 10.2 Å². The van der Waals surface area contributed by atoms with Gasteiger partial charge in [-0.1, -0.05) is 36.4 Å². The predicted octanol–water partition coefficient (Wildman–Crippen LogP) is 2.99. The molecule has 0 aliphatic carbocycles. The normalized spacial score (nSPS) is 10.1. The fourth-order valence-corrected chi connectivity index (χ4v) is 2.98. The fraction of sp³-hybridized carbons (Fsp3) is 0.125. The zero-order chi connectivity index (χ0) is 22.9. The summed E-state index contributed by atoms with van der Waals surface area (Å²) >= 11 is 0. The Morgan fingerprint density at radius 3 is 2.50 bits per heavy atom. The molecule has 0 spiro atoms. The van der Waals surface area contributed by atoms with Gasteiger partial charge in [-0.3, -0.25) is 4.79 Å². The molecule has 0 saturated heterocycles. The van der Waals surface area contributed by atoms with Gasteiger partial charge in [-0.15, -0.1) is 23.0 Å². The third-order valence-electron chi connectivity index (χ3n) is 4.46. The first-order valence-electron chi connectivity index (χ1n) is 9.76. The highest BCUT2D eigenvalue weighted by Gasteiger charge is 2.17. The van der Waals surface area contributed by atoms with Gasteiger partial charge in [0.2, 0.25) is 11.8 Å². The SMILES string of the molecule is C#C.Cc1ncc(-c2nnc(-c3ccccc3)o2)c(-c2cccc(CNC(=O)CN)c2)n1. The van der Waals surface area contributed by atoms with Crippen molar-refractivity contribution < 1.29 is 9.21 Å². The number of hydrogen-bond donors (Lipinski definition) is 2. The van der Waals surface area contributed by atoms with Crippen molar-refractivity contribution in [3.8, 4) is 47.0 Å². The van der Waals surface area contributed by atoms with Crippen LogP contribution in [0.3, 0.4) is 0 Å². The Kier molecular flexibility index (Phi) is 7.41. The fourth-order valence-electron chi connectivity index (χ4n) is 2.98. The van der Waals surface area contributed by atoms with E-state index in [0.717, 1.165) is 16.7 Å². The van der Waals surface area contributed by atoms with Gasteiger partial charge in [0.1, 0.15) is 5.82 Å². The van der Waals surface area contributed by atoms with E-state index in [1.807, 2.05) is 61.5 Å². The van der Waals surface area contributed by atoms with Crippen molar-refractivity contribution in [1.82, 2.24) is 25.5 Å². The van der Waals surface area contributed by atoms with E-state index in [9.17, 15) is 4.79 Å². The number of carbonyl (C=O) groups is 1. The molecule has 32 heavy (non-hydrogen) atoms. The zero-order valence-electron chi connectivity index (χ0n) is 17.5. The maximum atomic E-state index is 11.5. The summed E-state index contributed by atoms with van der Waals surface area (Å²) in [6.07, 6.45) is 9.68. The van der Waals surface area contributed by atoms with Crippen LogP contribution in [0.4, 0.5) is 0 Å². The smallest absolute Gasteiger partial charge is 0.251 e. The number of carbonyl (C=O) groups excluding carboxylic acids is 1. The summed E-state index contributed by atoms with van der Waals surface area (Å²) in [7, 11) is 0. The first-order valence-corrected chi connectivity index (χ1v) is 9.76. The quantitative estimate of drug-likeness (QED) is 0.455. The van der Waals surface area contributed by atoms with Crippen molar-refractivity contribution in [2.24, 2.45) is 5.73 Å². The second-order valence-electron chi connectivity index (χ2n) is 6.64. The van der Waals surface area contributed by atoms with Crippen LogP contribution in [-0.4, -0.2) is 32.6 Å². The third-order valence-corrected chi connectivity index (χ3v) is 4.46. The lowest BCUT2D eigenvalue weighted by atomic mass is 10.0. The summed E-state index contributed by atoms with van der Waals surface area (Å²) in [6.45, 7) is 2.15. The second-order valence-corrected chi connectivity index (χ2v) is 6.64. The van der Waals surface area contributed by atoms with E-state index < -0.39 is 0 Å². The highest BCUT2D eigenvalue weighted by molar-refractivity contribution is 5.78. The molecule has 4 rings (SSSR count). The number of nitrogens with zero attached hydrogens (tertiary/aromatic N) is 4. The molecule has 0 aliphatic heterocycles. The molecule has 2 aromatic carbocycles. The van der Waals surface area contributed by atoms with Crippen LogP contribution in [0.25, 0.3) is 34.2 Å². The monoisotopic (exact) mass is 426 g/mol. The standard InChI is InChI=1S/C22H20N6O2.C2H2/c1-14-24-13-18(22-28-27-21(30-22)16-7-3-2-4-8-16)20(26-14)17-9-5-6-15(10-17)12-25-19(29)11-23;1-2/h2-10,13H,11-12,23H2,1H3,(H,25,29);1-2H. The van der Waals surface area contributed by atoms with Crippen LogP contribution < -0.4 is 11.1 Å². The van der Waals surface area contributed by atoms with Crippen LogP contribution in [0.1, 0.15) is 11.4 Å². The highest BCUT2D eigenvalue weighted by atomic mass is 16.4. The van der Waals surface area contributed by atoms with E-state index >= 15 is 0 Å². The van der Waals surface area contributed by atoms with Crippen molar-refractivity contribution in [2.45, 2.75) is 13.5 Å². The Hall–Kier alpha value is -4.35. The zero-order valence-corrected chi connectivity index (χ0v) is 17.5. The molecular weight excluding hydrogens is 404 g/mol. The van der Waals surface area contributed by atoms with E-state index in [0.29, 0.717) is 35.4 Å². The molecule has 0 saturated carbocycles. The van der Waals surface area contributed by atoms with Crippen LogP contribution in [0.5, 0.6) is 0 Å². The molecule has 3 N–H and O–H groups in total. The Labute approximate surface area is 185 Å². The van der Waals surface area contributed by atoms with E-state index in [1.165, 1.54) is 0 Å². The van der Waals surface area contributed by atoms with Crippen molar-refractivity contribution in [1.29, 1.82) is 0 Å². The maximum absolute atomic E-state index is 11.5. The minimum atomic E-state index is -0.210. The van der Waals surface area contributed by atoms with Crippen LogP contribution in [0.2, 0.25) is 0 Å². The summed E-state index contributed by atoms with van der Waals surface area (Å²) in [5.41, 5.74) is 9.28. The minimum absolute atomic E-state index is 0.0458. The average Bonchev–Trinajstić information content (AvgIpc) is 3.34. The van der Waals surface area contributed by atoms with Crippen LogP contribution in [-0.2, 0) is 11.3 Å². The van der Waals surface area contributed by atoms with Gasteiger partial charge in [0.15, 0.2) is 0 Å². The van der Waals surface area contributed by atoms with Gasteiger partial charge in [-0.2, -0.15) is 0 Å². The van der Waals surface area contributed by atoms with Crippen molar-refractivity contribution in [3.63, 3.8) is 0 Å². The van der Waals surface area contributed by atoms with Gasteiger partial charge < -0.3 is 15.5 Å². The summed E-state index contributed by atoms with van der Waals surface area (Å²) < 4.78 is 5.91. The van der Waals surface area contributed by atoms with Crippen LogP contribution in [0, 0.1) is 19.8 Å². The maximum Gasteiger partial charge on any atom is 0.251 e. The van der Waals surface area contributed by atoms with Gasteiger partial charge in [0.05, 0.1) is 17.8 Å². The predicted molar refractivity (Wildman–Crippen MR) is 122 cm³/mol. The number of aryl methyl sites for hydroxylation is 1. The number of terminal acetylenes is 1. The van der Waals surface area contributed by atoms with Crippen LogP contribution in [0.15, 0.2) is 65.2 Å². The first kappa shape index (κ1) is 22.3. The van der Waals surface area contributed by atoms with Crippen molar-refractivity contribution >= 4 is 5.91 Å². The average molecular weight is 426 g/mol. The molecule has 0 aliphatic rings. The van der Waals surface area contributed by atoms with E-state index in [2.05, 4.69) is 38.3 Å². The molecule has 0 radical (unpaired) electrons. The number of nitrogens with one attached hydrogen (secondary N) is 1.